The molecular formula is C20H18N4O3. The van der Waals surface area contributed by atoms with Crippen LogP contribution in [0, 0.1) is 13.8 Å². The van der Waals surface area contributed by atoms with E-state index in [1.165, 1.54) is 0 Å². The fourth-order valence-corrected chi connectivity index (χ4v) is 2.71. The van der Waals surface area contributed by atoms with Gasteiger partial charge in [-0.15, -0.1) is 0 Å². The van der Waals surface area contributed by atoms with Gasteiger partial charge in [0.25, 0.3) is 5.91 Å². The number of benzene rings is 2. The van der Waals surface area contributed by atoms with Crippen LogP contribution in [-0.4, -0.2) is 22.7 Å². The van der Waals surface area contributed by atoms with Gasteiger partial charge in [0.1, 0.15) is 5.69 Å². The van der Waals surface area contributed by atoms with Gasteiger partial charge >= 0.3 is 0 Å². The molecule has 27 heavy (non-hydrogen) atoms. The largest absolute Gasteiger partial charge is 0.454 e. The molecule has 7 heteroatoms. The minimum Gasteiger partial charge on any atom is -0.454 e. The van der Waals surface area contributed by atoms with Crippen LogP contribution in [0.25, 0.3) is 0 Å². The van der Waals surface area contributed by atoms with Crippen molar-refractivity contribution in [3.05, 3.63) is 65.5 Å². The first-order chi connectivity index (χ1) is 13.1. The van der Waals surface area contributed by atoms with Crippen LogP contribution in [0.4, 0.5) is 17.3 Å². The molecule has 7 nitrogen and oxygen atoms in total. The SMILES string of the molecule is Cc1ccc(C)c(Nc2nccc(C(=O)Nc3ccc4c(c3)OCO4)n2)c1. The van der Waals surface area contributed by atoms with Gasteiger partial charge in [0, 0.05) is 23.6 Å². The third-order valence-electron chi connectivity index (χ3n) is 4.16. The molecule has 0 radical (unpaired) electrons. The standard InChI is InChI=1S/C20H18N4O3/c1-12-3-4-13(2)16(9-12)24-20-21-8-7-15(23-20)19(25)22-14-5-6-17-18(10-14)27-11-26-17/h3-10H,11H2,1-2H3,(H,22,25)(H,21,23,24). The van der Waals surface area contributed by atoms with E-state index in [2.05, 4.69) is 20.6 Å². The third-order valence-corrected chi connectivity index (χ3v) is 4.16. The van der Waals surface area contributed by atoms with Crippen LogP contribution in [0.1, 0.15) is 21.6 Å². The molecule has 0 fully saturated rings. The second kappa shape index (κ2) is 6.95. The summed E-state index contributed by atoms with van der Waals surface area (Å²) >= 11 is 0. The smallest absolute Gasteiger partial charge is 0.274 e. The molecule has 0 atom stereocenters. The predicted octanol–water partition coefficient (Wildman–Crippen LogP) is 3.82. The average Bonchev–Trinajstić information content (AvgIpc) is 3.13. The number of amides is 1. The van der Waals surface area contributed by atoms with Crippen LogP contribution >= 0.6 is 0 Å². The maximum absolute atomic E-state index is 12.5. The van der Waals surface area contributed by atoms with E-state index >= 15 is 0 Å². The van der Waals surface area contributed by atoms with Gasteiger partial charge in [-0.25, -0.2) is 9.97 Å². The van der Waals surface area contributed by atoms with Gasteiger partial charge in [-0.2, -0.15) is 0 Å². The monoisotopic (exact) mass is 362 g/mol. The summed E-state index contributed by atoms with van der Waals surface area (Å²) in [5.41, 5.74) is 3.96. The molecular weight excluding hydrogens is 344 g/mol. The lowest BCUT2D eigenvalue weighted by atomic mass is 10.1. The average molecular weight is 362 g/mol. The second-order valence-corrected chi connectivity index (χ2v) is 6.23. The number of hydrogen-bond donors (Lipinski definition) is 2. The molecule has 3 aromatic rings. The number of fused-ring (bicyclic) bond motifs is 1. The van der Waals surface area contributed by atoms with Crippen LogP contribution < -0.4 is 20.1 Å². The summed E-state index contributed by atoms with van der Waals surface area (Å²) in [5.74, 6) is 1.30. The third kappa shape index (κ3) is 3.67. The molecule has 0 aliphatic carbocycles. The normalized spacial score (nSPS) is 11.9. The lowest BCUT2D eigenvalue weighted by Crippen LogP contribution is -2.14. The van der Waals surface area contributed by atoms with E-state index in [4.69, 9.17) is 9.47 Å². The van der Waals surface area contributed by atoms with Gasteiger partial charge in [-0.3, -0.25) is 4.79 Å². The zero-order valence-corrected chi connectivity index (χ0v) is 14.9. The number of ether oxygens (including phenoxy) is 2. The quantitative estimate of drug-likeness (QED) is 0.734. The molecule has 0 bridgehead atoms. The van der Waals surface area contributed by atoms with E-state index in [1.807, 2.05) is 32.0 Å². The van der Waals surface area contributed by atoms with Crippen LogP contribution in [0.15, 0.2) is 48.7 Å². The molecule has 0 saturated heterocycles. The number of aromatic nitrogens is 2. The van der Waals surface area contributed by atoms with Crippen LogP contribution in [-0.2, 0) is 0 Å². The Morgan fingerprint density at radius 1 is 1.04 bits per heavy atom. The van der Waals surface area contributed by atoms with Crippen molar-refractivity contribution < 1.29 is 14.3 Å². The molecule has 2 aromatic carbocycles. The molecule has 1 amide bonds. The fourth-order valence-electron chi connectivity index (χ4n) is 2.71. The van der Waals surface area contributed by atoms with Gasteiger partial charge in [0.15, 0.2) is 11.5 Å². The summed E-state index contributed by atoms with van der Waals surface area (Å²) < 4.78 is 10.6. The summed E-state index contributed by atoms with van der Waals surface area (Å²) in [6, 6.07) is 12.9. The van der Waals surface area contributed by atoms with Crippen molar-refractivity contribution in [2.24, 2.45) is 0 Å². The van der Waals surface area contributed by atoms with Crippen molar-refractivity contribution in [3.63, 3.8) is 0 Å². The highest BCUT2D eigenvalue weighted by molar-refractivity contribution is 6.03. The molecule has 0 unspecified atom stereocenters. The van der Waals surface area contributed by atoms with E-state index in [0.717, 1.165) is 16.8 Å². The topological polar surface area (TPSA) is 85.4 Å². The second-order valence-electron chi connectivity index (χ2n) is 6.23. The maximum Gasteiger partial charge on any atom is 0.274 e. The van der Waals surface area contributed by atoms with Crippen molar-refractivity contribution in [2.45, 2.75) is 13.8 Å². The molecule has 4 rings (SSSR count). The summed E-state index contributed by atoms with van der Waals surface area (Å²) in [4.78, 5) is 21.1. The Hall–Kier alpha value is -3.61. The van der Waals surface area contributed by atoms with Gasteiger partial charge in [0.05, 0.1) is 0 Å². The van der Waals surface area contributed by atoms with Gasteiger partial charge in [-0.05, 0) is 49.2 Å². The Kier molecular flexibility index (Phi) is 4.33. The number of aryl methyl sites for hydroxylation is 2. The molecule has 0 spiro atoms. The Balaban J connectivity index is 1.51. The number of carbonyl (C=O) groups is 1. The summed E-state index contributed by atoms with van der Waals surface area (Å²) in [5, 5.41) is 5.97. The Bertz CT molecular complexity index is 1020. The van der Waals surface area contributed by atoms with Gasteiger partial charge in [0.2, 0.25) is 12.7 Å². The first-order valence-electron chi connectivity index (χ1n) is 8.47. The Morgan fingerprint density at radius 3 is 2.78 bits per heavy atom. The lowest BCUT2D eigenvalue weighted by molar-refractivity contribution is 0.102. The summed E-state index contributed by atoms with van der Waals surface area (Å²) in [7, 11) is 0. The highest BCUT2D eigenvalue weighted by atomic mass is 16.7. The zero-order valence-electron chi connectivity index (χ0n) is 14.9. The van der Waals surface area contributed by atoms with E-state index in [-0.39, 0.29) is 18.4 Å². The van der Waals surface area contributed by atoms with E-state index in [1.54, 1.807) is 30.5 Å². The fraction of sp³-hybridized carbons (Fsp3) is 0.150. The first-order valence-corrected chi connectivity index (χ1v) is 8.47. The summed E-state index contributed by atoms with van der Waals surface area (Å²) in [6.45, 7) is 4.20. The number of hydrogen-bond acceptors (Lipinski definition) is 6. The first kappa shape index (κ1) is 16.8. The number of nitrogens with one attached hydrogen (secondary N) is 2. The zero-order chi connectivity index (χ0) is 18.8. The minimum absolute atomic E-state index is 0.187. The van der Waals surface area contributed by atoms with Crippen LogP contribution in [0.2, 0.25) is 0 Å². The highest BCUT2D eigenvalue weighted by Gasteiger charge is 2.15. The molecule has 1 aliphatic heterocycles. The van der Waals surface area contributed by atoms with Crippen molar-refractivity contribution in [2.75, 3.05) is 17.4 Å². The lowest BCUT2D eigenvalue weighted by Gasteiger charge is -2.10. The number of nitrogens with zero attached hydrogens (tertiary/aromatic N) is 2. The van der Waals surface area contributed by atoms with E-state index in [0.29, 0.717) is 23.1 Å². The summed E-state index contributed by atoms with van der Waals surface area (Å²) in [6.07, 6.45) is 1.55. The van der Waals surface area contributed by atoms with Crippen molar-refractivity contribution in [1.29, 1.82) is 0 Å². The van der Waals surface area contributed by atoms with Crippen molar-refractivity contribution in [1.82, 2.24) is 9.97 Å². The number of carbonyl (C=O) groups excluding carboxylic acids is 1. The molecule has 0 saturated carbocycles. The number of anilines is 3. The molecule has 2 N–H and O–H groups in total. The van der Waals surface area contributed by atoms with Crippen molar-refractivity contribution in [3.8, 4) is 11.5 Å². The van der Waals surface area contributed by atoms with Gasteiger partial charge in [-0.1, -0.05) is 12.1 Å². The Morgan fingerprint density at radius 2 is 1.89 bits per heavy atom. The Labute approximate surface area is 156 Å². The predicted molar refractivity (Wildman–Crippen MR) is 102 cm³/mol. The van der Waals surface area contributed by atoms with Crippen molar-refractivity contribution >= 4 is 23.2 Å². The molecule has 1 aromatic heterocycles. The van der Waals surface area contributed by atoms with E-state index in [9.17, 15) is 4.79 Å². The van der Waals surface area contributed by atoms with Crippen LogP contribution in [0.5, 0.6) is 11.5 Å². The van der Waals surface area contributed by atoms with E-state index < -0.39 is 0 Å². The van der Waals surface area contributed by atoms with Gasteiger partial charge < -0.3 is 20.1 Å². The minimum atomic E-state index is -0.333. The molecule has 136 valence electrons. The maximum atomic E-state index is 12.5. The van der Waals surface area contributed by atoms with Crippen LogP contribution in [0.3, 0.4) is 0 Å². The highest BCUT2D eigenvalue weighted by Crippen LogP contribution is 2.34. The molecule has 1 aliphatic rings. The number of rotatable bonds is 4. The molecule has 2 heterocycles.